The highest BCUT2D eigenvalue weighted by atomic mass is 127. The van der Waals surface area contributed by atoms with Crippen molar-refractivity contribution in [3.63, 3.8) is 0 Å². The van der Waals surface area contributed by atoms with Crippen LogP contribution in [0.1, 0.15) is 45.4 Å². The zero-order valence-electron chi connectivity index (χ0n) is 14.1. The van der Waals surface area contributed by atoms with Gasteiger partial charge in [-0.3, -0.25) is 4.79 Å². The van der Waals surface area contributed by atoms with Gasteiger partial charge in [0.1, 0.15) is 6.54 Å². The molecule has 0 saturated heterocycles. The minimum atomic E-state index is 0. The number of likely N-dealkylation sites (N-methyl/N-ethyl adjacent to an activating group) is 1. The van der Waals surface area contributed by atoms with E-state index in [1.54, 1.807) is 19.0 Å². The Kier molecular flexibility index (Phi) is 8.49. The molecule has 2 saturated carbocycles. The molecule has 1 amide bonds. The van der Waals surface area contributed by atoms with Crippen molar-refractivity contribution in [2.24, 2.45) is 16.8 Å². The average molecular weight is 422 g/mol. The van der Waals surface area contributed by atoms with Gasteiger partial charge in [-0.25, -0.2) is 4.99 Å². The maximum atomic E-state index is 11.7. The number of halogens is 1. The van der Waals surface area contributed by atoms with Crippen molar-refractivity contribution < 1.29 is 4.79 Å². The lowest BCUT2D eigenvalue weighted by atomic mass is 9.95. The number of carbonyl (C=O) groups excluding carboxylic acids is 1. The minimum Gasteiger partial charge on any atom is -0.356 e. The summed E-state index contributed by atoms with van der Waals surface area (Å²) in [7, 11) is 3.54. The van der Waals surface area contributed by atoms with Gasteiger partial charge < -0.3 is 15.5 Å². The molecular formula is C16H31IN4O. The Morgan fingerprint density at radius 1 is 1.27 bits per heavy atom. The third kappa shape index (κ3) is 5.59. The standard InChI is InChI=1S/C16H30N4O.HI/c1-4-5-8-17-16(18-11-15(21)20(2)3)19-14-10-12-6-7-13(14)9-12;/h12-14H,4-11H2,1-3H3,(H2,17,18,19);1H. The van der Waals surface area contributed by atoms with Gasteiger partial charge in [0.05, 0.1) is 0 Å². The lowest BCUT2D eigenvalue weighted by Gasteiger charge is -2.25. The lowest BCUT2D eigenvalue weighted by molar-refractivity contribution is -0.127. The summed E-state index contributed by atoms with van der Waals surface area (Å²) in [5.74, 6) is 2.57. The highest BCUT2D eigenvalue weighted by Gasteiger charge is 2.39. The molecule has 22 heavy (non-hydrogen) atoms. The number of aliphatic imine (C=N–C) groups is 1. The molecule has 0 aromatic carbocycles. The van der Waals surface area contributed by atoms with Crippen LogP contribution in [0.5, 0.6) is 0 Å². The van der Waals surface area contributed by atoms with Crippen molar-refractivity contribution >= 4 is 35.8 Å². The topological polar surface area (TPSA) is 56.7 Å². The van der Waals surface area contributed by atoms with Gasteiger partial charge in [-0.2, -0.15) is 0 Å². The molecule has 6 heteroatoms. The number of nitrogens with zero attached hydrogens (tertiary/aromatic N) is 2. The summed E-state index contributed by atoms with van der Waals surface area (Å²) in [6.45, 7) is 3.31. The first-order chi connectivity index (χ1) is 10.1. The Morgan fingerprint density at radius 2 is 2.05 bits per heavy atom. The van der Waals surface area contributed by atoms with Crippen molar-refractivity contribution in [3.05, 3.63) is 0 Å². The Hall–Kier alpha value is -0.530. The van der Waals surface area contributed by atoms with Crippen LogP contribution in [-0.2, 0) is 4.79 Å². The molecule has 0 aromatic rings. The molecule has 2 rings (SSSR count). The number of guanidine groups is 1. The van der Waals surface area contributed by atoms with Crippen LogP contribution >= 0.6 is 24.0 Å². The summed E-state index contributed by atoms with van der Waals surface area (Å²) >= 11 is 0. The Balaban J connectivity index is 0.00000242. The van der Waals surface area contributed by atoms with Crippen molar-refractivity contribution in [2.75, 3.05) is 27.2 Å². The summed E-state index contributed by atoms with van der Waals surface area (Å²) in [5.41, 5.74) is 0. The lowest BCUT2D eigenvalue weighted by Crippen LogP contribution is -2.46. The second-order valence-electron chi connectivity index (χ2n) is 6.66. The molecule has 2 bridgehead atoms. The van der Waals surface area contributed by atoms with E-state index in [1.807, 2.05) is 0 Å². The molecule has 2 aliphatic rings. The average Bonchev–Trinajstić information content (AvgIpc) is 3.06. The predicted octanol–water partition coefficient (Wildman–Crippen LogP) is 2.22. The zero-order chi connectivity index (χ0) is 15.2. The van der Waals surface area contributed by atoms with Crippen LogP contribution in [0, 0.1) is 11.8 Å². The Labute approximate surface area is 151 Å². The molecule has 3 unspecified atom stereocenters. The zero-order valence-corrected chi connectivity index (χ0v) is 16.4. The van der Waals surface area contributed by atoms with Gasteiger partial charge in [0.25, 0.3) is 0 Å². The molecular weight excluding hydrogens is 391 g/mol. The van der Waals surface area contributed by atoms with Crippen molar-refractivity contribution in [2.45, 2.75) is 51.5 Å². The number of hydrogen-bond donors (Lipinski definition) is 2. The first-order valence-electron chi connectivity index (χ1n) is 8.35. The number of amides is 1. The SMILES string of the molecule is CCCCNC(=NCC(=O)N(C)C)NC1CC2CCC1C2.I. The highest BCUT2D eigenvalue weighted by Crippen LogP contribution is 2.44. The van der Waals surface area contributed by atoms with Crippen LogP contribution in [0.15, 0.2) is 4.99 Å². The third-order valence-corrected chi connectivity index (χ3v) is 4.75. The van der Waals surface area contributed by atoms with Gasteiger partial charge in [-0.1, -0.05) is 19.8 Å². The van der Waals surface area contributed by atoms with E-state index in [9.17, 15) is 4.79 Å². The summed E-state index contributed by atoms with van der Waals surface area (Å²) in [4.78, 5) is 17.8. The summed E-state index contributed by atoms with van der Waals surface area (Å²) in [5, 5.41) is 6.94. The molecule has 2 N–H and O–H groups in total. The number of fused-ring (bicyclic) bond motifs is 2. The van der Waals surface area contributed by atoms with Crippen LogP contribution in [-0.4, -0.2) is 50.0 Å². The van der Waals surface area contributed by atoms with Gasteiger partial charge in [-0.05, 0) is 37.5 Å². The summed E-state index contributed by atoms with van der Waals surface area (Å²) in [6, 6.07) is 0.547. The number of unbranched alkanes of at least 4 members (excludes halogenated alkanes) is 1. The van der Waals surface area contributed by atoms with E-state index in [1.165, 1.54) is 25.7 Å². The first-order valence-corrected chi connectivity index (χ1v) is 8.35. The van der Waals surface area contributed by atoms with Crippen LogP contribution in [0.4, 0.5) is 0 Å². The molecule has 0 heterocycles. The molecule has 0 spiro atoms. The van der Waals surface area contributed by atoms with Gasteiger partial charge in [-0.15, -0.1) is 24.0 Å². The predicted molar refractivity (Wildman–Crippen MR) is 102 cm³/mol. The van der Waals surface area contributed by atoms with Crippen molar-refractivity contribution in [1.82, 2.24) is 15.5 Å². The molecule has 128 valence electrons. The molecule has 0 aromatic heterocycles. The fourth-order valence-electron chi connectivity index (χ4n) is 3.42. The van der Waals surface area contributed by atoms with E-state index in [0.717, 1.165) is 37.2 Å². The van der Waals surface area contributed by atoms with Gasteiger partial charge in [0.15, 0.2) is 5.96 Å². The fraction of sp³-hybridized carbons (Fsp3) is 0.875. The number of hydrogen-bond acceptors (Lipinski definition) is 2. The number of carbonyl (C=O) groups is 1. The van der Waals surface area contributed by atoms with E-state index in [4.69, 9.17) is 0 Å². The Bertz CT molecular complexity index is 386. The molecule has 3 atom stereocenters. The summed E-state index contributed by atoms with van der Waals surface area (Å²) in [6.07, 6.45) is 7.67. The highest BCUT2D eigenvalue weighted by molar-refractivity contribution is 14.0. The third-order valence-electron chi connectivity index (χ3n) is 4.75. The van der Waals surface area contributed by atoms with Crippen LogP contribution in [0.2, 0.25) is 0 Å². The second-order valence-corrected chi connectivity index (χ2v) is 6.66. The number of rotatable bonds is 6. The molecule has 0 aliphatic heterocycles. The van der Waals surface area contributed by atoms with Gasteiger partial charge >= 0.3 is 0 Å². The fourth-order valence-corrected chi connectivity index (χ4v) is 3.42. The van der Waals surface area contributed by atoms with Gasteiger partial charge in [0.2, 0.25) is 5.91 Å². The van der Waals surface area contributed by atoms with E-state index < -0.39 is 0 Å². The van der Waals surface area contributed by atoms with E-state index in [2.05, 4.69) is 22.5 Å². The molecule has 5 nitrogen and oxygen atoms in total. The smallest absolute Gasteiger partial charge is 0.243 e. The quantitative estimate of drug-likeness (QED) is 0.299. The van der Waals surface area contributed by atoms with Crippen LogP contribution in [0.3, 0.4) is 0 Å². The van der Waals surface area contributed by atoms with E-state index >= 15 is 0 Å². The molecule has 2 aliphatic carbocycles. The van der Waals surface area contributed by atoms with E-state index in [0.29, 0.717) is 6.04 Å². The maximum absolute atomic E-state index is 11.7. The maximum Gasteiger partial charge on any atom is 0.243 e. The monoisotopic (exact) mass is 422 g/mol. The van der Waals surface area contributed by atoms with E-state index in [-0.39, 0.29) is 36.4 Å². The number of nitrogens with one attached hydrogen (secondary N) is 2. The minimum absolute atomic E-state index is 0. The second kappa shape index (κ2) is 9.57. The Morgan fingerprint density at radius 3 is 2.59 bits per heavy atom. The summed E-state index contributed by atoms with van der Waals surface area (Å²) < 4.78 is 0. The van der Waals surface area contributed by atoms with Crippen molar-refractivity contribution in [1.29, 1.82) is 0 Å². The largest absolute Gasteiger partial charge is 0.356 e. The molecule has 0 radical (unpaired) electrons. The first kappa shape index (κ1) is 19.5. The van der Waals surface area contributed by atoms with Crippen LogP contribution < -0.4 is 10.6 Å². The molecule has 2 fully saturated rings. The van der Waals surface area contributed by atoms with Crippen molar-refractivity contribution in [3.8, 4) is 0 Å². The van der Waals surface area contributed by atoms with Crippen LogP contribution in [0.25, 0.3) is 0 Å². The normalized spacial score (nSPS) is 26.5. The van der Waals surface area contributed by atoms with Gasteiger partial charge in [0, 0.05) is 26.7 Å².